The van der Waals surface area contributed by atoms with Gasteiger partial charge in [0.1, 0.15) is 29.5 Å². The maximum Gasteiger partial charge on any atom is 0.141 e. The third-order valence-corrected chi connectivity index (χ3v) is 8.46. The average Bonchev–Trinajstić information content (AvgIpc) is 3.69. The quantitative estimate of drug-likeness (QED) is 0.200. The summed E-state index contributed by atoms with van der Waals surface area (Å²) in [7, 11) is 1.71. The van der Waals surface area contributed by atoms with Crippen LogP contribution in [0.2, 0.25) is 0 Å². The van der Waals surface area contributed by atoms with E-state index in [4.69, 9.17) is 24.0 Å². The van der Waals surface area contributed by atoms with Crippen LogP contribution < -0.4 is 4.74 Å². The van der Waals surface area contributed by atoms with Crippen molar-refractivity contribution in [3.63, 3.8) is 0 Å². The molecule has 8 nitrogen and oxygen atoms in total. The molecule has 0 radical (unpaired) electrons. The zero-order valence-corrected chi connectivity index (χ0v) is 24.8. The lowest BCUT2D eigenvalue weighted by Crippen LogP contribution is -2.29. The first kappa shape index (κ1) is 27.4. The van der Waals surface area contributed by atoms with E-state index >= 15 is 0 Å². The van der Waals surface area contributed by atoms with Crippen LogP contribution in [-0.2, 0) is 11.3 Å². The molecule has 0 spiro atoms. The topological polar surface area (TPSA) is 78.4 Å². The van der Waals surface area contributed by atoms with Crippen LogP contribution in [-0.4, -0.2) is 57.4 Å². The number of aromatic nitrogens is 4. The minimum Gasteiger partial charge on any atom is -0.493 e. The Labute approximate surface area is 241 Å². The molecule has 0 unspecified atom stereocenters. The Hall–Kier alpha value is -3.75. The SMILES string of the molecule is COCc1nc2cnc3cc(-c4c(C)noc4C)c(OC[C@H]4CCN(C(C)C)C4)cc3c2n1[C@H](C)c1ccccc1. The van der Waals surface area contributed by atoms with Crippen molar-refractivity contribution in [1.82, 2.24) is 24.6 Å². The van der Waals surface area contributed by atoms with Gasteiger partial charge in [-0.05, 0) is 65.3 Å². The van der Waals surface area contributed by atoms with E-state index in [0.717, 1.165) is 75.6 Å². The van der Waals surface area contributed by atoms with Crippen molar-refractivity contribution in [2.24, 2.45) is 5.92 Å². The zero-order chi connectivity index (χ0) is 28.7. The number of rotatable bonds is 9. The standard InChI is InChI=1S/C33H39N5O3/c1-20(2)37-13-12-24(17-37)18-40-30-15-26-28(14-27(30)32-21(3)36-41-23(32)5)34-16-29-33(26)38(31(35-29)19-39-6)22(4)25-10-8-7-9-11-25/h7-11,14-16,20,22,24H,12-13,17-19H2,1-6H3/t22-,24+/m1/s1. The number of imidazole rings is 1. The highest BCUT2D eigenvalue weighted by atomic mass is 16.5. The summed E-state index contributed by atoms with van der Waals surface area (Å²) in [6, 6.07) is 15.4. The van der Waals surface area contributed by atoms with Crippen LogP contribution in [0.1, 0.15) is 56.1 Å². The molecule has 0 amide bonds. The minimum absolute atomic E-state index is 0.0454. The number of methoxy groups -OCH3 is 1. The zero-order valence-electron chi connectivity index (χ0n) is 24.8. The molecule has 2 aromatic carbocycles. The summed E-state index contributed by atoms with van der Waals surface area (Å²) in [5.74, 6) is 2.93. The molecule has 0 bridgehead atoms. The molecular formula is C33H39N5O3. The first-order chi connectivity index (χ1) is 19.9. The Morgan fingerprint density at radius 1 is 1.07 bits per heavy atom. The van der Waals surface area contributed by atoms with Gasteiger partial charge in [-0.15, -0.1) is 0 Å². The van der Waals surface area contributed by atoms with E-state index < -0.39 is 0 Å². The van der Waals surface area contributed by atoms with Crippen LogP contribution in [0.25, 0.3) is 33.1 Å². The molecule has 1 aliphatic heterocycles. The number of fused-ring (bicyclic) bond motifs is 3. The molecule has 214 valence electrons. The maximum atomic E-state index is 6.70. The molecule has 1 fully saturated rings. The lowest BCUT2D eigenvalue weighted by atomic mass is 10.00. The molecule has 1 aliphatic rings. The van der Waals surface area contributed by atoms with Gasteiger partial charge in [0.2, 0.25) is 0 Å². The molecule has 0 saturated carbocycles. The monoisotopic (exact) mass is 553 g/mol. The van der Waals surface area contributed by atoms with E-state index in [1.807, 2.05) is 26.1 Å². The fourth-order valence-corrected chi connectivity index (χ4v) is 6.24. The summed E-state index contributed by atoms with van der Waals surface area (Å²) < 4.78 is 20.1. The van der Waals surface area contributed by atoms with Crippen molar-refractivity contribution in [3.05, 3.63) is 71.5 Å². The van der Waals surface area contributed by atoms with Gasteiger partial charge in [-0.3, -0.25) is 4.98 Å². The van der Waals surface area contributed by atoms with Crippen LogP contribution in [0, 0.1) is 19.8 Å². The van der Waals surface area contributed by atoms with Gasteiger partial charge in [-0.2, -0.15) is 0 Å². The number of aryl methyl sites for hydroxylation is 2. The molecule has 4 heterocycles. The van der Waals surface area contributed by atoms with Crippen LogP contribution in [0.5, 0.6) is 5.75 Å². The third-order valence-electron chi connectivity index (χ3n) is 8.46. The third kappa shape index (κ3) is 5.11. The van der Waals surface area contributed by atoms with Crippen molar-refractivity contribution < 1.29 is 14.0 Å². The molecule has 0 aliphatic carbocycles. The van der Waals surface area contributed by atoms with E-state index in [-0.39, 0.29) is 6.04 Å². The van der Waals surface area contributed by atoms with Crippen molar-refractivity contribution >= 4 is 21.9 Å². The number of likely N-dealkylation sites (tertiary alicyclic amines) is 1. The predicted molar refractivity (Wildman–Crippen MR) is 161 cm³/mol. The van der Waals surface area contributed by atoms with Crippen LogP contribution >= 0.6 is 0 Å². The molecule has 5 aromatic rings. The summed E-state index contributed by atoms with van der Waals surface area (Å²) >= 11 is 0. The van der Waals surface area contributed by atoms with E-state index in [0.29, 0.717) is 25.2 Å². The Balaban J connectivity index is 1.52. The second-order valence-corrected chi connectivity index (χ2v) is 11.5. The Kier molecular flexibility index (Phi) is 7.53. The van der Waals surface area contributed by atoms with Crippen LogP contribution in [0.3, 0.4) is 0 Å². The number of nitrogens with zero attached hydrogens (tertiary/aromatic N) is 5. The number of benzene rings is 2. The average molecular weight is 554 g/mol. The van der Waals surface area contributed by atoms with Gasteiger partial charge in [0.15, 0.2) is 0 Å². The highest BCUT2D eigenvalue weighted by Gasteiger charge is 2.27. The predicted octanol–water partition coefficient (Wildman–Crippen LogP) is 6.72. The van der Waals surface area contributed by atoms with Gasteiger partial charge in [-0.25, -0.2) is 4.98 Å². The Bertz CT molecular complexity index is 1650. The van der Waals surface area contributed by atoms with Gasteiger partial charge in [0.05, 0.1) is 41.1 Å². The molecular weight excluding hydrogens is 514 g/mol. The highest BCUT2D eigenvalue weighted by Crippen LogP contribution is 2.40. The summed E-state index contributed by atoms with van der Waals surface area (Å²) in [6.45, 7) is 13.9. The molecule has 6 rings (SSSR count). The van der Waals surface area contributed by atoms with E-state index in [1.165, 1.54) is 5.56 Å². The Morgan fingerprint density at radius 3 is 2.56 bits per heavy atom. The lowest BCUT2D eigenvalue weighted by molar-refractivity contribution is 0.174. The molecule has 1 saturated heterocycles. The summed E-state index contributed by atoms with van der Waals surface area (Å²) in [4.78, 5) is 12.4. The van der Waals surface area contributed by atoms with Crippen molar-refractivity contribution in [1.29, 1.82) is 0 Å². The van der Waals surface area contributed by atoms with Crippen LogP contribution in [0.15, 0.2) is 53.2 Å². The summed E-state index contributed by atoms with van der Waals surface area (Å²) in [6.07, 6.45) is 3.00. The van der Waals surface area contributed by atoms with Gasteiger partial charge >= 0.3 is 0 Å². The smallest absolute Gasteiger partial charge is 0.141 e. The van der Waals surface area contributed by atoms with E-state index in [2.05, 4.69) is 71.8 Å². The van der Waals surface area contributed by atoms with Crippen molar-refractivity contribution in [2.45, 2.75) is 59.7 Å². The van der Waals surface area contributed by atoms with Gasteiger partial charge in [-0.1, -0.05) is 35.5 Å². The first-order valence-corrected chi connectivity index (χ1v) is 14.5. The molecule has 2 atom stereocenters. The molecule has 8 heteroatoms. The maximum absolute atomic E-state index is 6.70. The number of hydrogen-bond donors (Lipinski definition) is 0. The van der Waals surface area contributed by atoms with Crippen molar-refractivity contribution in [3.8, 4) is 16.9 Å². The van der Waals surface area contributed by atoms with Crippen molar-refractivity contribution in [2.75, 3.05) is 26.8 Å². The second kappa shape index (κ2) is 11.3. The van der Waals surface area contributed by atoms with E-state index in [9.17, 15) is 0 Å². The fraction of sp³-hybridized carbons (Fsp3) is 0.424. The van der Waals surface area contributed by atoms with Crippen LogP contribution in [0.4, 0.5) is 0 Å². The first-order valence-electron chi connectivity index (χ1n) is 14.5. The lowest BCUT2D eigenvalue weighted by Gasteiger charge is -2.21. The second-order valence-electron chi connectivity index (χ2n) is 11.5. The summed E-state index contributed by atoms with van der Waals surface area (Å²) in [5, 5.41) is 5.24. The highest BCUT2D eigenvalue weighted by molar-refractivity contribution is 6.05. The van der Waals surface area contributed by atoms with Gasteiger partial charge in [0.25, 0.3) is 0 Å². The number of hydrogen-bond acceptors (Lipinski definition) is 7. The molecule has 41 heavy (non-hydrogen) atoms. The van der Waals surface area contributed by atoms with Gasteiger partial charge < -0.3 is 23.5 Å². The number of pyridine rings is 1. The normalized spacial score (nSPS) is 16.8. The van der Waals surface area contributed by atoms with Gasteiger partial charge in [0, 0.05) is 36.6 Å². The van der Waals surface area contributed by atoms with E-state index in [1.54, 1.807) is 7.11 Å². The molecule has 0 N–H and O–H groups in total. The summed E-state index contributed by atoms with van der Waals surface area (Å²) in [5.41, 5.74) is 6.70. The number of ether oxygens (including phenoxy) is 2. The molecule has 3 aromatic heterocycles. The largest absolute Gasteiger partial charge is 0.493 e. The Morgan fingerprint density at radius 2 is 1.88 bits per heavy atom. The fourth-order valence-electron chi connectivity index (χ4n) is 6.24. The minimum atomic E-state index is 0.0454.